The van der Waals surface area contributed by atoms with E-state index in [1.165, 1.54) is 0 Å². The van der Waals surface area contributed by atoms with Gasteiger partial charge in [-0.15, -0.1) is 0 Å². The standard InChI is InChI=1S/C24H30N4O3/c1-17(2)15-20(27-22(29)19-11-6-7-13-25-19)24(31)28-14-8-12-21(28)23(30)26-16-18-9-4-3-5-10-18/h3-7,9-11,13,17,20-21H,8,12,14-16H2,1-2H3,(H,26,30)(H,27,29)/t20-,21-/m0/s1. The minimum Gasteiger partial charge on any atom is -0.350 e. The van der Waals surface area contributed by atoms with Crippen LogP contribution in [0.5, 0.6) is 0 Å². The molecule has 1 aliphatic rings. The fraction of sp³-hybridized carbons (Fsp3) is 0.417. The molecule has 0 aliphatic carbocycles. The van der Waals surface area contributed by atoms with Gasteiger partial charge in [0.25, 0.3) is 5.91 Å². The quantitative estimate of drug-likeness (QED) is 0.684. The van der Waals surface area contributed by atoms with Crippen molar-refractivity contribution in [3.63, 3.8) is 0 Å². The normalized spacial score (nSPS) is 16.7. The molecule has 2 heterocycles. The predicted octanol–water partition coefficient (Wildman–Crippen LogP) is 2.53. The Kier molecular flexibility index (Phi) is 7.76. The number of carbonyl (C=O) groups is 3. The highest BCUT2D eigenvalue weighted by atomic mass is 16.2. The first-order valence-electron chi connectivity index (χ1n) is 10.8. The molecule has 0 unspecified atom stereocenters. The molecule has 1 aliphatic heterocycles. The van der Waals surface area contributed by atoms with E-state index in [4.69, 9.17) is 0 Å². The molecule has 0 radical (unpaired) electrons. The third-order valence-corrected chi connectivity index (χ3v) is 5.36. The van der Waals surface area contributed by atoms with Gasteiger partial charge in [-0.2, -0.15) is 0 Å². The van der Waals surface area contributed by atoms with Crippen LogP contribution in [0, 0.1) is 5.92 Å². The molecule has 1 aromatic heterocycles. The second-order valence-electron chi connectivity index (χ2n) is 8.26. The molecule has 3 amide bonds. The summed E-state index contributed by atoms with van der Waals surface area (Å²) < 4.78 is 0. The van der Waals surface area contributed by atoms with E-state index in [9.17, 15) is 14.4 Å². The van der Waals surface area contributed by atoms with Crippen LogP contribution < -0.4 is 10.6 Å². The number of likely N-dealkylation sites (tertiary alicyclic amines) is 1. The molecule has 2 aromatic rings. The number of nitrogens with one attached hydrogen (secondary N) is 2. The van der Waals surface area contributed by atoms with Gasteiger partial charge in [0.2, 0.25) is 11.8 Å². The highest BCUT2D eigenvalue weighted by Crippen LogP contribution is 2.21. The van der Waals surface area contributed by atoms with Crippen molar-refractivity contribution in [1.82, 2.24) is 20.5 Å². The molecule has 2 atom stereocenters. The first-order valence-corrected chi connectivity index (χ1v) is 10.8. The van der Waals surface area contributed by atoms with E-state index in [-0.39, 0.29) is 29.3 Å². The summed E-state index contributed by atoms with van der Waals surface area (Å²) in [7, 11) is 0. The van der Waals surface area contributed by atoms with Crippen molar-refractivity contribution in [3.05, 3.63) is 66.0 Å². The average Bonchev–Trinajstić information content (AvgIpc) is 3.27. The lowest BCUT2D eigenvalue weighted by molar-refractivity contribution is -0.140. The average molecular weight is 423 g/mol. The van der Waals surface area contributed by atoms with E-state index in [2.05, 4.69) is 15.6 Å². The van der Waals surface area contributed by atoms with Crippen molar-refractivity contribution < 1.29 is 14.4 Å². The molecule has 164 valence electrons. The highest BCUT2D eigenvalue weighted by molar-refractivity contribution is 5.97. The van der Waals surface area contributed by atoms with Crippen molar-refractivity contribution in [2.24, 2.45) is 5.92 Å². The fourth-order valence-corrected chi connectivity index (χ4v) is 3.83. The van der Waals surface area contributed by atoms with E-state index < -0.39 is 12.1 Å². The van der Waals surface area contributed by atoms with Gasteiger partial charge in [0.15, 0.2) is 0 Å². The van der Waals surface area contributed by atoms with E-state index in [1.807, 2.05) is 44.2 Å². The van der Waals surface area contributed by atoms with Crippen LogP contribution in [0.1, 0.15) is 49.2 Å². The van der Waals surface area contributed by atoms with Crippen LogP contribution in [0.4, 0.5) is 0 Å². The zero-order chi connectivity index (χ0) is 22.2. The number of carbonyl (C=O) groups excluding carboxylic acids is 3. The predicted molar refractivity (Wildman–Crippen MR) is 118 cm³/mol. The first-order chi connectivity index (χ1) is 15.0. The van der Waals surface area contributed by atoms with Crippen LogP contribution in [0.25, 0.3) is 0 Å². The van der Waals surface area contributed by atoms with E-state index in [0.29, 0.717) is 25.9 Å². The van der Waals surface area contributed by atoms with Crippen molar-refractivity contribution in [1.29, 1.82) is 0 Å². The first kappa shape index (κ1) is 22.5. The van der Waals surface area contributed by atoms with Crippen LogP contribution in [0.2, 0.25) is 0 Å². The lowest BCUT2D eigenvalue weighted by Crippen LogP contribution is -2.53. The molecule has 0 spiro atoms. The van der Waals surface area contributed by atoms with Crippen molar-refractivity contribution >= 4 is 17.7 Å². The van der Waals surface area contributed by atoms with Gasteiger partial charge < -0.3 is 15.5 Å². The monoisotopic (exact) mass is 422 g/mol. The zero-order valence-electron chi connectivity index (χ0n) is 18.1. The number of aromatic nitrogens is 1. The molecule has 1 aromatic carbocycles. The van der Waals surface area contributed by atoms with Crippen LogP contribution >= 0.6 is 0 Å². The topological polar surface area (TPSA) is 91.4 Å². The summed E-state index contributed by atoms with van der Waals surface area (Å²) in [5.74, 6) is -0.556. The highest BCUT2D eigenvalue weighted by Gasteiger charge is 2.37. The maximum atomic E-state index is 13.3. The van der Waals surface area contributed by atoms with Crippen LogP contribution in [0.15, 0.2) is 54.7 Å². The summed E-state index contributed by atoms with van der Waals surface area (Å²) in [6.45, 7) is 4.93. The Morgan fingerprint density at radius 2 is 1.84 bits per heavy atom. The number of hydrogen-bond acceptors (Lipinski definition) is 4. The molecule has 7 heteroatoms. The Labute approximate surface area is 183 Å². The molecule has 2 N–H and O–H groups in total. The van der Waals surface area contributed by atoms with Crippen LogP contribution in [-0.4, -0.2) is 46.2 Å². The van der Waals surface area contributed by atoms with Crippen LogP contribution in [-0.2, 0) is 16.1 Å². The third kappa shape index (κ3) is 6.13. The van der Waals surface area contributed by atoms with Crippen molar-refractivity contribution in [2.75, 3.05) is 6.54 Å². The second kappa shape index (κ2) is 10.7. The number of hydrogen-bond donors (Lipinski definition) is 2. The largest absolute Gasteiger partial charge is 0.350 e. The van der Waals surface area contributed by atoms with E-state index >= 15 is 0 Å². The Hall–Kier alpha value is -3.22. The molecule has 0 saturated carbocycles. The molecule has 1 saturated heterocycles. The Balaban J connectivity index is 1.67. The van der Waals surface area contributed by atoms with E-state index in [1.54, 1.807) is 29.3 Å². The van der Waals surface area contributed by atoms with Gasteiger partial charge in [-0.1, -0.05) is 50.2 Å². The van der Waals surface area contributed by atoms with Gasteiger partial charge in [0.05, 0.1) is 0 Å². The summed E-state index contributed by atoms with van der Waals surface area (Å²) in [6, 6.07) is 13.5. The molecule has 1 fully saturated rings. The molecular weight excluding hydrogens is 392 g/mol. The van der Waals surface area contributed by atoms with E-state index in [0.717, 1.165) is 12.0 Å². The van der Waals surface area contributed by atoms with Gasteiger partial charge in [0.1, 0.15) is 17.8 Å². The third-order valence-electron chi connectivity index (χ3n) is 5.36. The summed E-state index contributed by atoms with van der Waals surface area (Å²) in [5, 5.41) is 5.78. The number of nitrogens with zero attached hydrogens (tertiary/aromatic N) is 2. The van der Waals surface area contributed by atoms with Gasteiger partial charge in [-0.05, 0) is 42.9 Å². The van der Waals surface area contributed by atoms with Crippen molar-refractivity contribution in [2.45, 2.75) is 51.7 Å². The Morgan fingerprint density at radius 3 is 2.52 bits per heavy atom. The Bertz CT molecular complexity index is 886. The maximum Gasteiger partial charge on any atom is 0.270 e. The lowest BCUT2D eigenvalue weighted by atomic mass is 10.0. The number of pyridine rings is 1. The van der Waals surface area contributed by atoms with Crippen molar-refractivity contribution in [3.8, 4) is 0 Å². The maximum absolute atomic E-state index is 13.3. The molecule has 3 rings (SSSR count). The minimum absolute atomic E-state index is 0.158. The van der Waals surface area contributed by atoms with Gasteiger partial charge in [-0.25, -0.2) is 0 Å². The lowest BCUT2D eigenvalue weighted by Gasteiger charge is -2.29. The minimum atomic E-state index is -0.697. The number of benzene rings is 1. The van der Waals surface area contributed by atoms with Gasteiger partial charge in [0, 0.05) is 19.3 Å². The van der Waals surface area contributed by atoms with Gasteiger partial charge >= 0.3 is 0 Å². The van der Waals surface area contributed by atoms with Crippen LogP contribution in [0.3, 0.4) is 0 Å². The summed E-state index contributed by atoms with van der Waals surface area (Å²) in [4.78, 5) is 44.5. The molecular formula is C24H30N4O3. The smallest absolute Gasteiger partial charge is 0.270 e. The Morgan fingerprint density at radius 1 is 1.10 bits per heavy atom. The SMILES string of the molecule is CC(C)C[C@H](NC(=O)c1ccccn1)C(=O)N1CCC[C@H]1C(=O)NCc1ccccc1. The summed E-state index contributed by atoms with van der Waals surface area (Å²) in [6.07, 6.45) is 3.42. The fourth-order valence-electron chi connectivity index (χ4n) is 3.83. The number of amides is 3. The second-order valence-corrected chi connectivity index (χ2v) is 8.26. The van der Waals surface area contributed by atoms with Gasteiger partial charge in [-0.3, -0.25) is 19.4 Å². The summed E-state index contributed by atoms with van der Waals surface area (Å²) in [5.41, 5.74) is 1.27. The number of rotatable bonds is 8. The molecule has 0 bridgehead atoms. The zero-order valence-corrected chi connectivity index (χ0v) is 18.1. The molecule has 7 nitrogen and oxygen atoms in total. The molecule has 31 heavy (non-hydrogen) atoms. The summed E-state index contributed by atoms with van der Waals surface area (Å²) >= 11 is 0.